The first-order valence-electron chi connectivity index (χ1n) is 6.28. The van der Waals surface area contributed by atoms with E-state index < -0.39 is 0 Å². The third kappa shape index (κ3) is 3.08. The van der Waals surface area contributed by atoms with Crippen LogP contribution in [0, 0.1) is 19.8 Å². The highest BCUT2D eigenvalue weighted by molar-refractivity contribution is 5.35. The first-order chi connectivity index (χ1) is 7.57. The molecule has 0 heterocycles. The molecule has 0 radical (unpaired) electrons. The fourth-order valence-electron chi connectivity index (χ4n) is 2.32. The van der Waals surface area contributed by atoms with Crippen LogP contribution in [0.3, 0.4) is 0 Å². The maximum Gasteiger partial charge on any atom is -0.00460 e. The second-order valence-electron chi connectivity index (χ2n) is 5.03. The van der Waals surface area contributed by atoms with E-state index in [1.807, 2.05) is 7.05 Å². The quantitative estimate of drug-likeness (QED) is 0.797. The van der Waals surface area contributed by atoms with Gasteiger partial charge in [0, 0.05) is 0 Å². The molecule has 0 spiro atoms. The summed E-state index contributed by atoms with van der Waals surface area (Å²) in [5, 5.41) is 3.26. The van der Waals surface area contributed by atoms with Gasteiger partial charge in [-0.1, -0.05) is 32.0 Å². The summed E-state index contributed by atoms with van der Waals surface area (Å²) < 4.78 is 0. The summed E-state index contributed by atoms with van der Waals surface area (Å²) in [5.74, 6) is 1.38. The monoisotopic (exact) mass is 219 g/mol. The molecule has 1 N–H and O–H groups in total. The van der Waals surface area contributed by atoms with Gasteiger partial charge >= 0.3 is 0 Å². The summed E-state index contributed by atoms with van der Waals surface area (Å²) >= 11 is 0. The van der Waals surface area contributed by atoms with E-state index in [2.05, 4.69) is 51.2 Å². The maximum absolute atomic E-state index is 3.26. The normalized spacial score (nSPS) is 13.1. The van der Waals surface area contributed by atoms with Gasteiger partial charge in [-0.15, -0.1) is 0 Å². The molecule has 1 aromatic carbocycles. The Morgan fingerprint density at radius 3 is 2.44 bits per heavy atom. The zero-order valence-electron chi connectivity index (χ0n) is 11.3. The third-order valence-corrected chi connectivity index (χ3v) is 3.56. The van der Waals surface area contributed by atoms with Gasteiger partial charge < -0.3 is 5.32 Å². The van der Waals surface area contributed by atoms with Crippen LogP contribution in [0.4, 0.5) is 0 Å². The Labute approximate surface area is 100 Å². The summed E-state index contributed by atoms with van der Waals surface area (Å²) in [6.45, 7) is 10.2. The van der Waals surface area contributed by atoms with Crippen molar-refractivity contribution in [2.24, 2.45) is 5.92 Å². The van der Waals surface area contributed by atoms with Gasteiger partial charge in [0.1, 0.15) is 0 Å². The van der Waals surface area contributed by atoms with Crippen molar-refractivity contribution in [3.63, 3.8) is 0 Å². The standard InChI is InChI=1S/C15H25N/c1-11(2)14(9-10-16-5)15-8-6-7-12(3)13(15)4/h6-8,11,14,16H,9-10H2,1-5H3. The average molecular weight is 219 g/mol. The van der Waals surface area contributed by atoms with E-state index in [-0.39, 0.29) is 0 Å². The molecule has 90 valence electrons. The van der Waals surface area contributed by atoms with E-state index in [1.54, 1.807) is 0 Å². The van der Waals surface area contributed by atoms with Crippen LogP contribution in [0.2, 0.25) is 0 Å². The zero-order valence-corrected chi connectivity index (χ0v) is 11.3. The van der Waals surface area contributed by atoms with Crippen LogP contribution < -0.4 is 5.32 Å². The summed E-state index contributed by atoms with van der Waals surface area (Å²) in [5.41, 5.74) is 4.41. The minimum atomic E-state index is 0.673. The highest BCUT2D eigenvalue weighted by atomic mass is 14.8. The van der Waals surface area contributed by atoms with E-state index >= 15 is 0 Å². The van der Waals surface area contributed by atoms with Crippen molar-refractivity contribution in [1.29, 1.82) is 0 Å². The van der Waals surface area contributed by atoms with Gasteiger partial charge in [0.2, 0.25) is 0 Å². The first kappa shape index (κ1) is 13.2. The van der Waals surface area contributed by atoms with Crippen LogP contribution in [0.25, 0.3) is 0 Å². The number of benzene rings is 1. The molecule has 1 atom stereocenters. The zero-order chi connectivity index (χ0) is 12.1. The molecule has 1 aromatic rings. The molecule has 0 bridgehead atoms. The van der Waals surface area contributed by atoms with Crippen LogP contribution in [0.5, 0.6) is 0 Å². The van der Waals surface area contributed by atoms with E-state index in [0.29, 0.717) is 11.8 Å². The number of hydrogen-bond acceptors (Lipinski definition) is 1. The fourth-order valence-corrected chi connectivity index (χ4v) is 2.32. The van der Waals surface area contributed by atoms with Crippen LogP contribution in [0.15, 0.2) is 18.2 Å². The molecule has 0 aliphatic carbocycles. The number of rotatable bonds is 5. The molecule has 0 fully saturated rings. The minimum absolute atomic E-state index is 0.673. The number of nitrogens with one attached hydrogen (secondary N) is 1. The van der Waals surface area contributed by atoms with Gasteiger partial charge in [-0.05, 0) is 62.4 Å². The largest absolute Gasteiger partial charge is 0.320 e. The predicted octanol–water partition coefficient (Wildman–Crippen LogP) is 3.65. The van der Waals surface area contributed by atoms with Crippen molar-refractivity contribution in [2.45, 2.75) is 40.0 Å². The second kappa shape index (κ2) is 6.05. The lowest BCUT2D eigenvalue weighted by Crippen LogP contribution is -2.16. The van der Waals surface area contributed by atoms with E-state index in [0.717, 1.165) is 6.54 Å². The van der Waals surface area contributed by atoms with Crippen LogP contribution in [-0.4, -0.2) is 13.6 Å². The van der Waals surface area contributed by atoms with Crippen molar-refractivity contribution < 1.29 is 0 Å². The smallest absolute Gasteiger partial charge is 0.00460 e. The molecular weight excluding hydrogens is 194 g/mol. The van der Waals surface area contributed by atoms with Crippen molar-refractivity contribution in [1.82, 2.24) is 5.32 Å². The Morgan fingerprint density at radius 1 is 1.19 bits per heavy atom. The van der Waals surface area contributed by atoms with Crippen LogP contribution >= 0.6 is 0 Å². The molecule has 0 saturated carbocycles. The van der Waals surface area contributed by atoms with Gasteiger partial charge in [-0.25, -0.2) is 0 Å². The molecule has 1 heteroatoms. The summed E-state index contributed by atoms with van der Waals surface area (Å²) in [7, 11) is 2.03. The molecule has 0 saturated heterocycles. The maximum atomic E-state index is 3.26. The van der Waals surface area contributed by atoms with Crippen LogP contribution in [-0.2, 0) is 0 Å². The first-order valence-corrected chi connectivity index (χ1v) is 6.28. The van der Waals surface area contributed by atoms with Gasteiger partial charge in [0.15, 0.2) is 0 Å². The summed E-state index contributed by atoms with van der Waals surface area (Å²) in [4.78, 5) is 0. The van der Waals surface area contributed by atoms with Crippen LogP contribution in [0.1, 0.15) is 42.9 Å². The minimum Gasteiger partial charge on any atom is -0.320 e. The molecule has 1 nitrogen and oxygen atoms in total. The lowest BCUT2D eigenvalue weighted by atomic mass is 9.82. The van der Waals surface area contributed by atoms with E-state index in [1.165, 1.54) is 23.1 Å². The van der Waals surface area contributed by atoms with Gasteiger partial charge in [-0.2, -0.15) is 0 Å². The number of hydrogen-bond donors (Lipinski definition) is 1. The SMILES string of the molecule is CNCCC(c1cccc(C)c1C)C(C)C. The van der Waals surface area contributed by atoms with Gasteiger partial charge in [0.25, 0.3) is 0 Å². The highest BCUT2D eigenvalue weighted by Gasteiger charge is 2.17. The molecule has 1 unspecified atom stereocenters. The molecule has 0 amide bonds. The molecule has 1 rings (SSSR count). The van der Waals surface area contributed by atoms with Gasteiger partial charge in [0.05, 0.1) is 0 Å². The van der Waals surface area contributed by atoms with Crippen molar-refractivity contribution in [3.8, 4) is 0 Å². The average Bonchev–Trinajstić information content (AvgIpc) is 2.24. The summed E-state index contributed by atoms with van der Waals surface area (Å²) in [6.07, 6.45) is 1.22. The Morgan fingerprint density at radius 2 is 1.88 bits per heavy atom. The molecule has 0 aliphatic rings. The molecule has 0 aliphatic heterocycles. The Bertz CT molecular complexity index is 328. The Hall–Kier alpha value is -0.820. The summed E-state index contributed by atoms with van der Waals surface area (Å²) in [6, 6.07) is 6.68. The highest BCUT2D eigenvalue weighted by Crippen LogP contribution is 2.30. The fraction of sp³-hybridized carbons (Fsp3) is 0.600. The Kier molecular flexibility index (Phi) is 5.01. The third-order valence-electron chi connectivity index (χ3n) is 3.56. The topological polar surface area (TPSA) is 12.0 Å². The Balaban J connectivity index is 2.96. The van der Waals surface area contributed by atoms with Gasteiger partial charge in [-0.3, -0.25) is 0 Å². The van der Waals surface area contributed by atoms with E-state index in [4.69, 9.17) is 0 Å². The van der Waals surface area contributed by atoms with Crippen molar-refractivity contribution in [2.75, 3.05) is 13.6 Å². The molecule has 0 aromatic heterocycles. The van der Waals surface area contributed by atoms with Crippen molar-refractivity contribution >= 4 is 0 Å². The lowest BCUT2D eigenvalue weighted by molar-refractivity contribution is 0.459. The molecule has 16 heavy (non-hydrogen) atoms. The molecular formula is C15H25N. The predicted molar refractivity (Wildman–Crippen MR) is 72.0 cm³/mol. The second-order valence-corrected chi connectivity index (χ2v) is 5.03. The van der Waals surface area contributed by atoms with Crippen molar-refractivity contribution in [3.05, 3.63) is 34.9 Å². The number of aryl methyl sites for hydroxylation is 1. The lowest BCUT2D eigenvalue weighted by Gasteiger charge is -2.24. The van der Waals surface area contributed by atoms with E-state index in [9.17, 15) is 0 Å².